The summed E-state index contributed by atoms with van der Waals surface area (Å²) in [6.45, 7) is 7.10. The summed E-state index contributed by atoms with van der Waals surface area (Å²) in [6.07, 6.45) is 3.82. The van der Waals surface area contributed by atoms with E-state index in [2.05, 4.69) is 17.9 Å². The van der Waals surface area contributed by atoms with Crippen LogP contribution in [0.15, 0.2) is 19.2 Å². The Labute approximate surface area is 105 Å². The Kier molecular flexibility index (Phi) is 3.85. The average molecular weight is 274 g/mol. The zero-order chi connectivity index (χ0) is 13.2. The molecule has 0 atom stereocenters. The highest BCUT2D eigenvalue weighted by Crippen LogP contribution is 2.37. The van der Waals surface area contributed by atoms with Crippen molar-refractivity contribution in [1.82, 2.24) is 0 Å². The Hall–Kier alpha value is -1.46. The van der Waals surface area contributed by atoms with E-state index in [1.165, 1.54) is 18.2 Å². The molecule has 0 heterocycles. The molecule has 2 N–H and O–H groups in total. The molecule has 0 aliphatic rings. The summed E-state index contributed by atoms with van der Waals surface area (Å²) in [7, 11) is -3.44. The molecule has 4 nitrogen and oxygen atoms in total. The van der Waals surface area contributed by atoms with Crippen LogP contribution in [0.25, 0.3) is 12.2 Å². The van der Waals surface area contributed by atoms with Crippen LogP contribution in [-0.2, 0) is 10.0 Å². The van der Waals surface area contributed by atoms with Crippen molar-refractivity contribution in [3.63, 3.8) is 0 Å². The SMILES string of the molecule is C=Cc1c(NS(C)(=O)=O)cc(Cl)c(O)c1C=C. The summed E-state index contributed by atoms with van der Waals surface area (Å²) in [5.74, 6) is -0.157. The summed E-state index contributed by atoms with van der Waals surface area (Å²) in [5, 5.41) is 9.74. The number of hydrogen-bond donors (Lipinski definition) is 2. The molecule has 1 rings (SSSR count). The van der Waals surface area contributed by atoms with Gasteiger partial charge in [0.05, 0.1) is 17.0 Å². The molecule has 0 aliphatic heterocycles. The summed E-state index contributed by atoms with van der Waals surface area (Å²) in [5.41, 5.74) is 1.01. The lowest BCUT2D eigenvalue weighted by atomic mass is 10.0. The fraction of sp³-hybridized carbons (Fsp3) is 0.0909. The normalized spacial score (nSPS) is 10.9. The summed E-state index contributed by atoms with van der Waals surface area (Å²) >= 11 is 5.79. The minimum atomic E-state index is -3.44. The van der Waals surface area contributed by atoms with Crippen molar-refractivity contribution in [3.05, 3.63) is 35.4 Å². The molecule has 1 aromatic carbocycles. The van der Waals surface area contributed by atoms with E-state index in [0.717, 1.165) is 6.26 Å². The molecule has 0 saturated carbocycles. The Morgan fingerprint density at radius 1 is 1.35 bits per heavy atom. The number of aromatic hydroxyl groups is 1. The summed E-state index contributed by atoms with van der Waals surface area (Å²) < 4.78 is 24.7. The average Bonchev–Trinajstić information content (AvgIpc) is 2.20. The number of phenols is 1. The molecule has 0 radical (unpaired) electrons. The summed E-state index contributed by atoms with van der Waals surface area (Å²) in [4.78, 5) is 0. The molecule has 0 saturated heterocycles. The van der Waals surface area contributed by atoms with Gasteiger partial charge in [-0.2, -0.15) is 0 Å². The largest absolute Gasteiger partial charge is 0.506 e. The third kappa shape index (κ3) is 3.01. The number of rotatable bonds is 4. The van der Waals surface area contributed by atoms with E-state index in [4.69, 9.17) is 11.6 Å². The minimum absolute atomic E-state index is 0.0386. The molecule has 0 bridgehead atoms. The van der Waals surface area contributed by atoms with E-state index in [1.807, 2.05) is 0 Å². The zero-order valence-corrected chi connectivity index (χ0v) is 10.8. The van der Waals surface area contributed by atoms with E-state index >= 15 is 0 Å². The lowest BCUT2D eigenvalue weighted by Crippen LogP contribution is -2.11. The van der Waals surface area contributed by atoms with Crippen LogP contribution in [-0.4, -0.2) is 19.8 Å². The number of halogens is 1. The second-order valence-corrected chi connectivity index (χ2v) is 5.52. The van der Waals surface area contributed by atoms with Crippen molar-refractivity contribution in [3.8, 4) is 5.75 Å². The van der Waals surface area contributed by atoms with Gasteiger partial charge in [0.15, 0.2) is 0 Å². The highest BCUT2D eigenvalue weighted by molar-refractivity contribution is 7.92. The molecule has 1 aromatic rings. The fourth-order valence-corrected chi connectivity index (χ4v) is 2.16. The Balaban J connectivity index is 3.56. The molecule has 0 aliphatic carbocycles. The first-order chi connectivity index (χ1) is 7.80. The first kappa shape index (κ1) is 13.6. The van der Waals surface area contributed by atoms with E-state index in [1.54, 1.807) is 0 Å². The van der Waals surface area contributed by atoms with Crippen LogP contribution >= 0.6 is 11.6 Å². The molecule has 6 heteroatoms. The molecule has 0 aromatic heterocycles. The number of sulfonamides is 1. The van der Waals surface area contributed by atoms with Gasteiger partial charge < -0.3 is 5.11 Å². The van der Waals surface area contributed by atoms with Crippen molar-refractivity contribution in [2.75, 3.05) is 11.0 Å². The van der Waals surface area contributed by atoms with Crippen molar-refractivity contribution in [2.45, 2.75) is 0 Å². The summed E-state index contributed by atoms with van der Waals surface area (Å²) in [6, 6.07) is 1.32. The number of phenolic OH excluding ortho intramolecular Hbond substituents is 1. The van der Waals surface area contributed by atoms with Crippen molar-refractivity contribution in [2.24, 2.45) is 0 Å². The van der Waals surface area contributed by atoms with Crippen LogP contribution in [0.4, 0.5) is 5.69 Å². The maximum Gasteiger partial charge on any atom is 0.229 e. The Morgan fingerprint density at radius 2 is 1.88 bits per heavy atom. The van der Waals surface area contributed by atoms with Crippen molar-refractivity contribution >= 4 is 39.5 Å². The smallest absolute Gasteiger partial charge is 0.229 e. The third-order valence-corrected chi connectivity index (χ3v) is 2.92. The molecular weight excluding hydrogens is 262 g/mol. The van der Waals surface area contributed by atoms with E-state index in [-0.39, 0.29) is 16.5 Å². The van der Waals surface area contributed by atoms with Gasteiger partial charge in [-0.3, -0.25) is 4.72 Å². The second kappa shape index (κ2) is 4.81. The van der Waals surface area contributed by atoms with Crippen LogP contribution < -0.4 is 4.72 Å². The molecule has 0 amide bonds. The first-order valence-electron chi connectivity index (χ1n) is 4.58. The monoisotopic (exact) mass is 273 g/mol. The van der Waals surface area contributed by atoms with Gasteiger partial charge in [0.1, 0.15) is 5.75 Å². The van der Waals surface area contributed by atoms with Crippen LogP contribution in [0, 0.1) is 0 Å². The van der Waals surface area contributed by atoms with Gasteiger partial charge in [-0.05, 0) is 6.07 Å². The maximum atomic E-state index is 11.2. The minimum Gasteiger partial charge on any atom is -0.506 e. The quantitative estimate of drug-likeness (QED) is 0.829. The molecule has 92 valence electrons. The molecule has 0 fully saturated rings. The van der Waals surface area contributed by atoms with Gasteiger partial charge in [0.2, 0.25) is 10.0 Å². The van der Waals surface area contributed by atoms with Gasteiger partial charge >= 0.3 is 0 Å². The van der Waals surface area contributed by atoms with Gasteiger partial charge in [0.25, 0.3) is 0 Å². The van der Waals surface area contributed by atoms with Gasteiger partial charge in [-0.15, -0.1) is 0 Å². The number of anilines is 1. The van der Waals surface area contributed by atoms with Gasteiger partial charge in [-0.1, -0.05) is 36.9 Å². The topological polar surface area (TPSA) is 66.4 Å². The van der Waals surface area contributed by atoms with E-state index in [9.17, 15) is 13.5 Å². The first-order valence-corrected chi connectivity index (χ1v) is 6.85. The van der Waals surface area contributed by atoms with E-state index < -0.39 is 10.0 Å². The highest BCUT2D eigenvalue weighted by Gasteiger charge is 2.14. The number of nitrogens with one attached hydrogen (secondary N) is 1. The molecule has 17 heavy (non-hydrogen) atoms. The maximum absolute atomic E-state index is 11.2. The van der Waals surface area contributed by atoms with Crippen LogP contribution in [0.2, 0.25) is 5.02 Å². The van der Waals surface area contributed by atoms with Crippen molar-refractivity contribution in [1.29, 1.82) is 0 Å². The van der Waals surface area contributed by atoms with Crippen molar-refractivity contribution < 1.29 is 13.5 Å². The number of hydrogen-bond acceptors (Lipinski definition) is 3. The standard InChI is InChI=1S/C11H12ClNO3S/c1-4-7-8(5-2)11(14)9(12)6-10(7)13-17(3,15)16/h4-6,13-14H,1-2H2,3H3. The van der Waals surface area contributed by atoms with Gasteiger partial charge in [0, 0.05) is 11.1 Å². The molecular formula is C11H12ClNO3S. The highest BCUT2D eigenvalue weighted by atomic mass is 35.5. The number of benzene rings is 1. The van der Waals surface area contributed by atoms with Gasteiger partial charge in [-0.25, -0.2) is 8.42 Å². The Bertz CT molecular complexity index is 579. The molecule has 0 unspecified atom stereocenters. The fourth-order valence-electron chi connectivity index (χ4n) is 1.38. The van der Waals surface area contributed by atoms with Crippen LogP contribution in [0.1, 0.15) is 11.1 Å². The zero-order valence-electron chi connectivity index (χ0n) is 9.20. The Morgan fingerprint density at radius 3 is 2.29 bits per heavy atom. The second-order valence-electron chi connectivity index (χ2n) is 3.36. The lowest BCUT2D eigenvalue weighted by molar-refractivity contribution is 0.474. The predicted octanol–water partition coefficient (Wildman–Crippen LogP) is 2.70. The third-order valence-electron chi connectivity index (χ3n) is 2.04. The predicted molar refractivity (Wildman–Crippen MR) is 71.8 cm³/mol. The van der Waals surface area contributed by atoms with Crippen LogP contribution in [0.5, 0.6) is 5.75 Å². The lowest BCUT2D eigenvalue weighted by Gasteiger charge is -2.13. The molecule has 0 spiro atoms. The van der Waals surface area contributed by atoms with E-state index in [0.29, 0.717) is 11.1 Å². The van der Waals surface area contributed by atoms with Crippen LogP contribution in [0.3, 0.4) is 0 Å².